The molecule has 1 saturated heterocycles. The highest BCUT2D eigenvalue weighted by atomic mass is 16.3. The van der Waals surface area contributed by atoms with Gasteiger partial charge in [-0.05, 0) is 62.4 Å². The first-order chi connectivity index (χ1) is 12.6. The predicted octanol–water partition coefficient (Wildman–Crippen LogP) is 3.36. The van der Waals surface area contributed by atoms with E-state index in [1.165, 1.54) is 19.3 Å². The van der Waals surface area contributed by atoms with Crippen molar-refractivity contribution in [3.8, 4) is 0 Å². The monoisotopic (exact) mass is 353 g/mol. The van der Waals surface area contributed by atoms with Gasteiger partial charge in [-0.25, -0.2) is 0 Å². The summed E-state index contributed by atoms with van der Waals surface area (Å²) < 4.78 is 5.52. The van der Waals surface area contributed by atoms with Gasteiger partial charge < -0.3 is 9.32 Å². The molecule has 0 aromatic carbocycles. The van der Waals surface area contributed by atoms with Crippen molar-refractivity contribution in [2.45, 2.75) is 38.8 Å². The zero-order valence-corrected chi connectivity index (χ0v) is 15.6. The third-order valence-electron chi connectivity index (χ3n) is 6.02. The van der Waals surface area contributed by atoms with Gasteiger partial charge >= 0.3 is 0 Å². The predicted molar refractivity (Wildman–Crippen MR) is 99.7 cm³/mol. The largest absolute Gasteiger partial charge is 0.468 e. The number of pyridine rings is 1. The summed E-state index contributed by atoms with van der Waals surface area (Å²) >= 11 is 0. The number of hydrogen-bond acceptors (Lipinski definition) is 4. The standard InChI is InChI=1S/C21H27N3O2/c1-15-9-17(11-22-10-15)21(25)24-12-16-5-3-7-20(19(16)14-24)23(2)13-18-6-4-8-26-18/h4,6,8-11,16,19-20H,3,5,7,12-14H2,1-2H3/t16-,19+,20+/m0/s1. The molecular weight excluding hydrogens is 326 g/mol. The van der Waals surface area contributed by atoms with Gasteiger partial charge in [0.25, 0.3) is 5.91 Å². The number of carbonyl (C=O) groups is 1. The zero-order valence-electron chi connectivity index (χ0n) is 15.6. The second-order valence-electron chi connectivity index (χ2n) is 7.88. The number of fused-ring (bicyclic) bond motifs is 1. The van der Waals surface area contributed by atoms with Crippen molar-refractivity contribution >= 4 is 5.91 Å². The van der Waals surface area contributed by atoms with Gasteiger partial charge in [-0.3, -0.25) is 14.7 Å². The highest BCUT2D eigenvalue weighted by Gasteiger charge is 2.43. The summed E-state index contributed by atoms with van der Waals surface area (Å²) in [6, 6.07) is 6.43. The molecule has 1 saturated carbocycles. The van der Waals surface area contributed by atoms with Crippen LogP contribution in [0.3, 0.4) is 0 Å². The molecule has 0 bridgehead atoms. The van der Waals surface area contributed by atoms with E-state index < -0.39 is 0 Å². The van der Waals surface area contributed by atoms with Gasteiger partial charge in [-0.1, -0.05) is 6.42 Å². The topological polar surface area (TPSA) is 49.6 Å². The summed E-state index contributed by atoms with van der Waals surface area (Å²) in [5.41, 5.74) is 1.74. The quantitative estimate of drug-likeness (QED) is 0.846. The summed E-state index contributed by atoms with van der Waals surface area (Å²) in [6.45, 7) is 4.54. The summed E-state index contributed by atoms with van der Waals surface area (Å²) in [4.78, 5) is 21.6. The number of likely N-dealkylation sites (tertiary alicyclic amines) is 1. The minimum atomic E-state index is 0.128. The fraction of sp³-hybridized carbons (Fsp3) is 0.524. The van der Waals surface area contributed by atoms with Gasteiger partial charge in [0.2, 0.25) is 0 Å². The number of nitrogens with zero attached hydrogens (tertiary/aromatic N) is 3. The summed E-state index contributed by atoms with van der Waals surface area (Å²) in [6.07, 6.45) is 8.89. The molecule has 0 spiro atoms. The molecule has 1 aliphatic carbocycles. The van der Waals surface area contributed by atoms with E-state index in [2.05, 4.69) is 16.9 Å². The average molecular weight is 353 g/mol. The van der Waals surface area contributed by atoms with Gasteiger partial charge in [0, 0.05) is 31.5 Å². The summed E-state index contributed by atoms with van der Waals surface area (Å²) in [5, 5.41) is 0. The van der Waals surface area contributed by atoms with Crippen LogP contribution in [-0.4, -0.2) is 46.9 Å². The highest BCUT2D eigenvalue weighted by molar-refractivity contribution is 5.94. The van der Waals surface area contributed by atoms with Gasteiger partial charge in [0.05, 0.1) is 18.4 Å². The number of aryl methyl sites for hydroxylation is 1. The van der Waals surface area contributed by atoms with E-state index in [0.29, 0.717) is 23.4 Å². The molecule has 0 radical (unpaired) electrons. The molecule has 5 heteroatoms. The lowest BCUT2D eigenvalue weighted by atomic mass is 9.77. The van der Waals surface area contributed by atoms with E-state index >= 15 is 0 Å². The second kappa shape index (κ2) is 7.23. The zero-order chi connectivity index (χ0) is 18.1. The average Bonchev–Trinajstić information content (AvgIpc) is 3.29. The molecule has 2 aromatic rings. The van der Waals surface area contributed by atoms with Crippen LogP contribution < -0.4 is 0 Å². The van der Waals surface area contributed by atoms with Crippen LogP contribution in [0, 0.1) is 18.8 Å². The summed E-state index contributed by atoms with van der Waals surface area (Å²) in [5.74, 6) is 2.29. The number of rotatable bonds is 4. The van der Waals surface area contributed by atoms with Gasteiger partial charge in [0.15, 0.2) is 0 Å². The van der Waals surface area contributed by atoms with E-state index in [1.54, 1.807) is 18.7 Å². The Labute approximate surface area is 155 Å². The number of carbonyl (C=O) groups excluding carboxylic acids is 1. The lowest BCUT2D eigenvalue weighted by Gasteiger charge is -2.38. The molecule has 1 aliphatic heterocycles. The third-order valence-corrected chi connectivity index (χ3v) is 6.02. The maximum atomic E-state index is 12.9. The van der Waals surface area contributed by atoms with Gasteiger partial charge in [-0.15, -0.1) is 0 Å². The van der Waals surface area contributed by atoms with Gasteiger partial charge in [0.1, 0.15) is 5.76 Å². The number of amides is 1. The van der Waals surface area contributed by atoms with Crippen LogP contribution in [0.5, 0.6) is 0 Å². The van der Waals surface area contributed by atoms with Crippen LogP contribution in [0.1, 0.15) is 40.9 Å². The van der Waals surface area contributed by atoms with E-state index in [4.69, 9.17) is 4.42 Å². The lowest BCUT2D eigenvalue weighted by Crippen LogP contribution is -2.43. The first-order valence-electron chi connectivity index (χ1n) is 9.55. The van der Waals surface area contributed by atoms with Crippen LogP contribution in [0.25, 0.3) is 0 Å². The Morgan fingerprint density at radius 2 is 2.23 bits per heavy atom. The van der Waals surface area contributed by atoms with Crippen molar-refractivity contribution in [3.63, 3.8) is 0 Å². The maximum Gasteiger partial charge on any atom is 0.255 e. The molecule has 2 fully saturated rings. The molecule has 2 aromatic heterocycles. The molecule has 0 N–H and O–H groups in total. The fourth-order valence-corrected chi connectivity index (χ4v) is 4.77. The van der Waals surface area contributed by atoms with Gasteiger partial charge in [-0.2, -0.15) is 0 Å². The van der Waals surface area contributed by atoms with Crippen LogP contribution in [0.15, 0.2) is 41.3 Å². The Kier molecular flexibility index (Phi) is 4.81. The SMILES string of the molecule is Cc1cncc(C(=O)N2C[C@@H]3CCC[C@@H](N(C)Cc4ccco4)[C@@H]3C2)c1. The van der Waals surface area contributed by atoms with E-state index in [1.807, 2.05) is 30.0 Å². The molecule has 2 aliphatic rings. The Bertz CT molecular complexity index is 758. The molecule has 3 heterocycles. The third kappa shape index (κ3) is 3.40. The number of furan rings is 1. The van der Waals surface area contributed by atoms with E-state index in [9.17, 15) is 4.79 Å². The van der Waals surface area contributed by atoms with Crippen LogP contribution >= 0.6 is 0 Å². The van der Waals surface area contributed by atoms with Crippen molar-refractivity contribution in [1.82, 2.24) is 14.8 Å². The van der Waals surface area contributed by atoms with Crippen LogP contribution in [0.4, 0.5) is 0 Å². The lowest BCUT2D eigenvalue weighted by molar-refractivity contribution is 0.0766. The second-order valence-corrected chi connectivity index (χ2v) is 7.88. The molecule has 26 heavy (non-hydrogen) atoms. The first-order valence-corrected chi connectivity index (χ1v) is 9.55. The molecule has 138 valence electrons. The van der Waals surface area contributed by atoms with Crippen molar-refractivity contribution in [1.29, 1.82) is 0 Å². The van der Waals surface area contributed by atoms with E-state index in [0.717, 1.165) is 31.0 Å². The molecule has 4 rings (SSSR count). The molecule has 5 nitrogen and oxygen atoms in total. The molecule has 3 atom stereocenters. The highest BCUT2D eigenvalue weighted by Crippen LogP contribution is 2.39. The number of hydrogen-bond donors (Lipinski definition) is 0. The Hall–Kier alpha value is -2.14. The van der Waals surface area contributed by atoms with Crippen molar-refractivity contribution in [3.05, 3.63) is 53.7 Å². The van der Waals surface area contributed by atoms with Crippen molar-refractivity contribution < 1.29 is 9.21 Å². The van der Waals surface area contributed by atoms with Crippen molar-refractivity contribution in [2.24, 2.45) is 11.8 Å². The summed E-state index contributed by atoms with van der Waals surface area (Å²) in [7, 11) is 2.19. The maximum absolute atomic E-state index is 12.9. The minimum Gasteiger partial charge on any atom is -0.468 e. The fourth-order valence-electron chi connectivity index (χ4n) is 4.77. The normalized spacial score (nSPS) is 25.5. The molecular formula is C21H27N3O2. The van der Waals surface area contributed by atoms with Crippen molar-refractivity contribution in [2.75, 3.05) is 20.1 Å². The molecule has 1 amide bonds. The van der Waals surface area contributed by atoms with E-state index in [-0.39, 0.29) is 5.91 Å². The molecule has 0 unspecified atom stereocenters. The van der Waals surface area contributed by atoms with Crippen LogP contribution in [-0.2, 0) is 6.54 Å². The Balaban J connectivity index is 1.46. The smallest absolute Gasteiger partial charge is 0.255 e. The van der Waals surface area contributed by atoms with Crippen LogP contribution in [0.2, 0.25) is 0 Å². The minimum absolute atomic E-state index is 0.128. The Morgan fingerprint density at radius 3 is 3.00 bits per heavy atom. The number of aromatic nitrogens is 1. The first kappa shape index (κ1) is 17.3. The Morgan fingerprint density at radius 1 is 1.35 bits per heavy atom.